The van der Waals surface area contributed by atoms with Crippen molar-refractivity contribution in [1.82, 2.24) is 33.4 Å². The van der Waals surface area contributed by atoms with Crippen LogP contribution in [0.25, 0.3) is 21.1 Å². The number of piperazine rings is 1. The highest BCUT2D eigenvalue weighted by Gasteiger charge is 2.30. The highest BCUT2D eigenvalue weighted by molar-refractivity contribution is 7.87. The first-order chi connectivity index (χ1) is 23.8. The zero-order chi connectivity index (χ0) is 35.8. The second-order valence-electron chi connectivity index (χ2n) is 13.3. The summed E-state index contributed by atoms with van der Waals surface area (Å²) in [6.07, 6.45) is -2.90. The molecule has 1 atom stereocenters. The van der Waals surface area contributed by atoms with Crippen molar-refractivity contribution in [2.75, 3.05) is 51.6 Å². The van der Waals surface area contributed by atoms with Crippen molar-refractivity contribution < 1.29 is 21.6 Å². The van der Waals surface area contributed by atoms with Gasteiger partial charge in [0.1, 0.15) is 28.2 Å². The van der Waals surface area contributed by atoms with Gasteiger partial charge in [-0.3, -0.25) is 9.80 Å². The monoisotopic (exact) mass is 731 g/mol. The van der Waals surface area contributed by atoms with E-state index in [0.29, 0.717) is 66.7 Å². The van der Waals surface area contributed by atoms with E-state index in [4.69, 9.17) is 0 Å². The molecule has 0 radical (unpaired) electrons. The highest BCUT2D eigenvalue weighted by Crippen LogP contribution is 2.34. The van der Waals surface area contributed by atoms with E-state index in [1.54, 1.807) is 6.07 Å². The number of aromatic nitrogens is 3. The molecule has 2 saturated heterocycles. The van der Waals surface area contributed by atoms with Crippen molar-refractivity contribution in [2.45, 2.75) is 77.8 Å². The van der Waals surface area contributed by atoms with Crippen LogP contribution in [0.3, 0.4) is 0 Å². The molecular weight excluding hydrogens is 688 g/mol. The van der Waals surface area contributed by atoms with E-state index in [0.717, 1.165) is 60.3 Å². The van der Waals surface area contributed by atoms with E-state index < -0.39 is 22.8 Å². The van der Waals surface area contributed by atoms with Crippen molar-refractivity contribution in [2.24, 2.45) is 0 Å². The van der Waals surface area contributed by atoms with Gasteiger partial charge in [-0.2, -0.15) is 31.2 Å². The molecule has 16 heteroatoms. The molecule has 0 amide bonds. The summed E-state index contributed by atoms with van der Waals surface area (Å²) >= 11 is 1.09. The Morgan fingerprint density at radius 3 is 2.44 bits per heavy atom. The first-order valence-corrected chi connectivity index (χ1v) is 19.3. The Morgan fingerprint density at radius 1 is 1.08 bits per heavy atom. The normalized spacial score (nSPS) is 18.2. The third kappa shape index (κ3) is 7.93. The second-order valence-corrected chi connectivity index (χ2v) is 16.3. The minimum Gasteiger partial charge on any atom is -0.367 e. The number of thiophene rings is 1. The van der Waals surface area contributed by atoms with Gasteiger partial charge in [-0.05, 0) is 56.0 Å². The molecule has 2 N–H and O–H groups in total. The number of halogens is 3. The number of benzene rings is 1. The minimum absolute atomic E-state index is 0.112. The van der Waals surface area contributed by atoms with Gasteiger partial charge in [-0.15, -0.1) is 11.3 Å². The summed E-state index contributed by atoms with van der Waals surface area (Å²) in [6.45, 7) is 11.4. The Kier molecular flexibility index (Phi) is 10.7. The van der Waals surface area contributed by atoms with Crippen LogP contribution < -0.4 is 10.0 Å². The summed E-state index contributed by atoms with van der Waals surface area (Å²) in [5.74, 6) is 1.24. The summed E-state index contributed by atoms with van der Waals surface area (Å²) in [5, 5.41) is 15.3. The Labute approximate surface area is 295 Å². The van der Waals surface area contributed by atoms with Crippen molar-refractivity contribution >= 4 is 48.5 Å². The Balaban J connectivity index is 1.09. The molecule has 11 nitrogen and oxygen atoms in total. The van der Waals surface area contributed by atoms with Crippen LogP contribution in [-0.2, 0) is 36.1 Å². The molecule has 4 aromatic rings. The van der Waals surface area contributed by atoms with Gasteiger partial charge >= 0.3 is 6.18 Å². The van der Waals surface area contributed by atoms with Crippen LogP contribution in [-0.4, -0.2) is 102 Å². The van der Waals surface area contributed by atoms with E-state index in [-0.39, 0.29) is 17.0 Å². The maximum absolute atomic E-state index is 13.1. The largest absolute Gasteiger partial charge is 0.393 e. The van der Waals surface area contributed by atoms with Gasteiger partial charge in [-0.25, -0.2) is 14.7 Å². The van der Waals surface area contributed by atoms with Crippen LogP contribution in [0, 0.1) is 18.3 Å². The van der Waals surface area contributed by atoms with Gasteiger partial charge < -0.3 is 9.88 Å². The SMILES string of the molecule is CCc1nc(NC2CCN(Cc3ccc4c(cc(C#N)n4C[C@H](C)N4CCN(S(=O)(=O)NC)CC4)c3C)CC2)c2cc(CC(F)(F)F)sc2n1. The zero-order valence-electron chi connectivity index (χ0n) is 28.8. The quantitative estimate of drug-likeness (QED) is 0.220. The molecule has 6 rings (SSSR count). The van der Waals surface area contributed by atoms with E-state index in [9.17, 15) is 26.9 Å². The van der Waals surface area contributed by atoms with E-state index in [1.807, 2.05) is 13.0 Å². The number of nitrogens with one attached hydrogen (secondary N) is 2. The number of nitrogens with zero attached hydrogens (tertiary/aromatic N) is 7. The lowest BCUT2D eigenvalue weighted by Crippen LogP contribution is -2.54. The molecule has 0 bridgehead atoms. The van der Waals surface area contributed by atoms with Crippen LogP contribution in [0.5, 0.6) is 0 Å². The third-order valence-electron chi connectivity index (χ3n) is 10.0. The predicted molar refractivity (Wildman–Crippen MR) is 190 cm³/mol. The molecule has 2 aliphatic rings. The average Bonchev–Trinajstić information content (AvgIpc) is 3.66. The number of rotatable bonds is 11. The third-order valence-corrected chi connectivity index (χ3v) is 12.6. The predicted octanol–water partition coefficient (Wildman–Crippen LogP) is 5.04. The number of hydrogen-bond acceptors (Lipinski definition) is 9. The van der Waals surface area contributed by atoms with Crippen LogP contribution in [0.4, 0.5) is 19.0 Å². The Bertz CT molecular complexity index is 1990. The summed E-state index contributed by atoms with van der Waals surface area (Å²) in [4.78, 5) is 14.7. The van der Waals surface area contributed by atoms with Crippen molar-refractivity contribution in [3.05, 3.63) is 51.8 Å². The molecule has 0 aliphatic carbocycles. The smallest absolute Gasteiger partial charge is 0.367 e. The fourth-order valence-corrected chi connectivity index (χ4v) is 9.09. The molecule has 3 aromatic heterocycles. The maximum atomic E-state index is 13.1. The summed E-state index contributed by atoms with van der Waals surface area (Å²) in [7, 11) is -2.01. The number of nitriles is 1. The van der Waals surface area contributed by atoms with Crippen LogP contribution in [0.15, 0.2) is 24.3 Å². The van der Waals surface area contributed by atoms with Crippen molar-refractivity contribution in [3.63, 3.8) is 0 Å². The number of anilines is 1. The van der Waals surface area contributed by atoms with Crippen LogP contribution >= 0.6 is 11.3 Å². The first kappa shape index (κ1) is 36.5. The highest BCUT2D eigenvalue weighted by atomic mass is 32.2. The average molecular weight is 732 g/mol. The summed E-state index contributed by atoms with van der Waals surface area (Å²) in [5.41, 5.74) is 3.99. The molecular formula is C34H44F3N9O2S2. The molecule has 2 aliphatic heterocycles. The number of aryl methyl sites for hydroxylation is 2. The topological polar surface area (TPSA) is 122 Å². The van der Waals surface area contributed by atoms with E-state index >= 15 is 0 Å². The molecule has 270 valence electrons. The fraction of sp³-hybridized carbons (Fsp3) is 0.559. The lowest BCUT2D eigenvalue weighted by molar-refractivity contribution is -0.126. The number of piperidine rings is 1. The Morgan fingerprint density at radius 2 is 1.80 bits per heavy atom. The van der Waals surface area contributed by atoms with Crippen LogP contribution in [0.1, 0.15) is 54.2 Å². The molecule has 50 heavy (non-hydrogen) atoms. The van der Waals surface area contributed by atoms with Crippen LogP contribution in [0.2, 0.25) is 0 Å². The van der Waals surface area contributed by atoms with E-state index in [1.165, 1.54) is 16.9 Å². The Hall–Kier alpha value is -3.33. The van der Waals surface area contributed by atoms with Gasteiger partial charge in [0.15, 0.2) is 0 Å². The summed E-state index contributed by atoms with van der Waals surface area (Å²) in [6, 6.07) is 10.5. The number of alkyl halides is 3. The van der Waals surface area contributed by atoms with Gasteiger partial charge in [0, 0.05) is 93.7 Å². The minimum atomic E-state index is -4.27. The number of hydrogen-bond donors (Lipinski definition) is 2. The lowest BCUT2D eigenvalue weighted by atomic mass is 10.0. The summed E-state index contributed by atoms with van der Waals surface area (Å²) < 4.78 is 69.6. The lowest BCUT2D eigenvalue weighted by Gasteiger charge is -2.37. The molecule has 1 aromatic carbocycles. The van der Waals surface area contributed by atoms with Gasteiger partial charge in [0.2, 0.25) is 0 Å². The fourth-order valence-electron chi connectivity index (χ4n) is 7.11. The molecule has 0 saturated carbocycles. The molecule has 0 unspecified atom stereocenters. The van der Waals surface area contributed by atoms with Crippen molar-refractivity contribution in [3.8, 4) is 6.07 Å². The zero-order valence-corrected chi connectivity index (χ0v) is 30.5. The molecule has 2 fully saturated rings. The molecule has 5 heterocycles. The molecule has 0 spiro atoms. The standard InChI is InChI=1S/C34H44F3N9O2S2/c1-5-31-41-32(29-17-27(18-34(35,36)37)49-33(29)42-31)40-25-8-10-43(11-9-25)21-24-6-7-30-28(23(24)3)16-26(19-38)46(30)20-22(2)44-12-14-45(15-13-44)50(47,48)39-4/h6-7,16-17,22,25,39H,5,8-15,18,20-21H2,1-4H3,(H,40,41,42)/t22-/m0/s1. The number of likely N-dealkylation sites (tertiary alicyclic amines) is 1. The number of fused-ring (bicyclic) bond motifs is 2. The van der Waals surface area contributed by atoms with Gasteiger partial charge in [0.05, 0.1) is 11.8 Å². The first-order valence-electron chi connectivity index (χ1n) is 17.1. The van der Waals surface area contributed by atoms with Crippen molar-refractivity contribution in [1.29, 1.82) is 5.26 Å². The second kappa shape index (κ2) is 14.7. The van der Waals surface area contributed by atoms with E-state index in [2.05, 4.69) is 66.4 Å². The van der Waals surface area contributed by atoms with Gasteiger partial charge in [-0.1, -0.05) is 13.0 Å². The maximum Gasteiger partial charge on any atom is 0.393 e. The van der Waals surface area contributed by atoms with Gasteiger partial charge in [0.25, 0.3) is 10.2 Å².